The molecule has 88 valence electrons. The third kappa shape index (κ3) is 8.61. The molecular formula is C13H26OSi. The van der Waals surface area contributed by atoms with Crippen molar-refractivity contribution >= 4 is 14.4 Å². The van der Waals surface area contributed by atoms with Crippen LogP contribution >= 0.6 is 0 Å². The Labute approximate surface area is 96.0 Å². The van der Waals surface area contributed by atoms with Gasteiger partial charge in [-0.15, -0.1) is 0 Å². The van der Waals surface area contributed by atoms with Crippen LogP contribution in [0.3, 0.4) is 0 Å². The highest BCUT2D eigenvalue weighted by Gasteiger charge is 2.17. The number of hydrogen-bond acceptors (Lipinski definition) is 1. The summed E-state index contributed by atoms with van der Waals surface area (Å²) in [5, 5.41) is 0. The Morgan fingerprint density at radius 3 is 2.13 bits per heavy atom. The van der Waals surface area contributed by atoms with E-state index in [1.165, 1.54) is 11.6 Å². The zero-order valence-electron chi connectivity index (χ0n) is 11.2. The first-order valence-corrected chi connectivity index (χ1v) is 9.46. The van der Waals surface area contributed by atoms with E-state index in [4.69, 9.17) is 0 Å². The molecule has 0 rings (SSSR count). The van der Waals surface area contributed by atoms with Gasteiger partial charge in [-0.05, 0) is 24.8 Å². The maximum atomic E-state index is 10.5. The quantitative estimate of drug-likeness (QED) is 0.375. The van der Waals surface area contributed by atoms with Crippen molar-refractivity contribution in [2.45, 2.75) is 59.3 Å². The van der Waals surface area contributed by atoms with Gasteiger partial charge in [-0.3, -0.25) is 0 Å². The number of aldehydes is 1. The molecule has 0 amide bonds. The molecule has 0 saturated heterocycles. The van der Waals surface area contributed by atoms with Crippen molar-refractivity contribution in [1.29, 1.82) is 0 Å². The summed E-state index contributed by atoms with van der Waals surface area (Å²) >= 11 is 0. The zero-order chi connectivity index (χ0) is 12.1. The van der Waals surface area contributed by atoms with E-state index in [9.17, 15) is 4.79 Å². The Morgan fingerprint density at radius 1 is 1.20 bits per heavy atom. The van der Waals surface area contributed by atoms with Crippen molar-refractivity contribution in [3.8, 4) is 0 Å². The highest BCUT2D eigenvalue weighted by molar-refractivity contribution is 6.76. The van der Waals surface area contributed by atoms with E-state index in [2.05, 4.69) is 46.5 Å². The van der Waals surface area contributed by atoms with Gasteiger partial charge >= 0.3 is 0 Å². The molecule has 15 heavy (non-hydrogen) atoms. The van der Waals surface area contributed by atoms with Crippen LogP contribution in [0.15, 0.2) is 11.6 Å². The predicted molar refractivity (Wildman–Crippen MR) is 71.0 cm³/mol. The number of carbonyl (C=O) groups excluding carboxylic acids is 1. The van der Waals surface area contributed by atoms with E-state index in [1.807, 2.05) is 0 Å². The Balaban J connectivity index is 4.21. The van der Waals surface area contributed by atoms with E-state index < -0.39 is 8.07 Å². The molecule has 0 aromatic carbocycles. The Hall–Kier alpha value is -0.373. The van der Waals surface area contributed by atoms with Crippen LogP contribution in [0.2, 0.25) is 25.7 Å². The van der Waals surface area contributed by atoms with Crippen LogP contribution in [0.1, 0.15) is 33.6 Å². The Morgan fingerprint density at radius 2 is 1.73 bits per heavy atom. The van der Waals surface area contributed by atoms with Gasteiger partial charge in [0.25, 0.3) is 0 Å². The second kappa shape index (κ2) is 5.64. The summed E-state index contributed by atoms with van der Waals surface area (Å²) in [6, 6.07) is 1.27. The van der Waals surface area contributed by atoms with Crippen molar-refractivity contribution < 1.29 is 4.79 Å². The molecule has 0 N–H and O–H groups in total. The Bertz CT molecular complexity index is 233. The number of hydrogen-bond donors (Lipinski definition) is 0. The highest BCUT2D eigenvalue weighted by atomic mass is 28.3. The van der Waals surface area contributed by atoms with Crippen LogP contribution in [-0.4, -0.2) is 14.4 Å². The molecular weight excluding hydrogens is 200 g/mol. The summed E-state index contributed by atoms with van der Waals surface area (Å²) in [4.78, 5) is 10.5. The fourth-order valence-electron chi connectivity index (χ4n) is 1.67. The average Bonchev–Trinajstić information content (AvgIpc) is 1.98. The summed E-state index contributed by atoms with van der Waals surface area (Å²) in [5.74, 6) is 0. The first-order valence-electron chi connectivity index (χ1n) is 5.76. The molecule has 0 bridgehead atoms. The monoisotopic (exact) mass is 226 g/mol. The van der Waals surface area contributed by atoms with Gasteiger partial charge in [0.15, 0.2) is 0 Å². The van der Waals surface area contributed by atoms with Crippen LogP contribution in [0.5, 0.6) is 0 Å². The minimum Gasteiger partial charge on any atom is -0.303 e. The number of rotatable bonds is 6. The molecule has 2 heteroatoms. The van der Waals surface area contributed by atoms with E-state index in [1.54, 1.807) is 0 Å². The lowest BCUT2D eigenvalue weighted by Crippen LogP contribution is -2.19. The van der Waals surface area contributed by atoms with Gasteiger partial charge in [0, 0.05) is 14.5 Å². The lowest BCUT2D eigenvalue weighted by Gasteiger charge is -2.21. The van der Waals surface area contributed by atoms with Gasteiger partial charge in [-0.2, -0.15) is 0 Å². The highest BCUT2D eigenvalue weighted by Crippen LogP contribution is 2.26. The first kappa shape index (κ1) is 14.6. The van der Waals surface area contributed by atoms with E-state index in [-0.39, 0.29) is 5.41 Å². The molecule has 0 aliphatic rings. The molecule has 1 nitrogen and oxygen atoms in total. The molecule has 0 aromatic heterocycles. The fraction of sp³-hybridized carbons (Fsp3) is 0.769. The molecule has 0 fully saturated rings. The van der Waals surface area contributed by atoms with Gasteiger partial charge in [0.2, 0.25) is 0 Å². The minimum absolute atomic E-state index is 0.127. The van der Waals surface area contributed by atoms with E-state index in [0.717, 1.165) is 12.7 Å². The van der Waals surface area contributed by atoms with E-state index in [0.29, 0.717) is 6.42 Å². The lowest BCUT2D eigenvalue weighted by atomic mass is 9.86. The third-order valence-electron chi connectivity index (χ3n) is 2.45. The van der Waals surface area contributed by atoms with Crippen molar-refractivity contribution in [3.05, 3.63) is 11.6 Å². The molecule has 0 aliphatic heterocycles. The molecule has 0 heterocycles. The standard InChI is InChI=1S/C13H26OSi/c1-12(11-15(4,5)6)7-8-13(2,3)9-10-14/h7,10H,8-9,11H2,1-6H3/b12-7+. The first-order chi connectivity index (χ1) is 6.66. The molecule has 0 radical (unpaired) electrons. The van der Waals surface area contributed by atoms with Crippen LogP contribution in [0.25, 0.3) is 0 Å². The van der Waals surface area contributed by atoms with Gasteiger partial charge < -0.3 is 4.79 Å². The fourth-order valence-corrected chi connectivity index (χ4v) is 3.49. The Kier molecular flexibility index (Phi) is 5.50. The molecule has 0 unspecified atom stereocenters. The maximum Gasteiger partial charge on any atom is 0.120 e. The molecule has 0 aliphatic carbocycles. The molecule has 0 saturated carbocycles. The van der Waals surface area contributed by atoms with Gasteiger partial charge in [-0.1, -0.05) is 45.1 Å². The van der Waals surface area contributed by atoms with Gasteiger partial charge in [-0.25, -0.2) is 0 Å². The van der Waals surface area contributed by atoms with Crippen LogP contribution in [-0.2, 0) is 4.79 Å². The second-order valence-corrected chi connectivity index (χ2v) is 12.0. The predicted octanol–water partition coefficient (Wildman–Crippen LogP) is 4.28. The molecule has 0 atom stereocenters. The smallest absolute Gasteiger partial charge is 0.120 e. The largest absolute Gasteiger partial charge is 0.303 e. The van der Waals surface area contributed by atoms with E-state index >= 15 is 0 Å². The summed E-state index contributed by atoms with van der Waals surface area (Å²) in [5.41, 5.74) is 1.62. The zero-order valence-corrected chi connectivity index (χ0v) is 12.2. The summed E-state index contributed by atoms with van der Waals surface area (Å²) < 4.78 is 0. The molecule has 0 aromatic rings. The van der Waals surface area contributed by atoms with Crippen molar-refractivity contribution in [1.82, 2.24) is 0 Å². The van der Waals surface area contributed by atoms with Crippen LogP contribution in [0.4, 0.5) is 0 Å². The average molecular weight is 226 g/mol. The second-order valence-electron chi connectivity index (χ2n) is 6.53. The summed E-state index contributed by atoms with van der Waals surface area (Å²) in [6.45, 7) is 13.7. The van der Waals surface area contributed by atoms with Gasteiger partial charge in [0.05, 0.1) is 0 Å². The SMILES string of the molecule is C/C(=C\CC(C)(C)CC=O)C[Si](C)(C)C. The van der Waals surface area contributed by atoms with Gasteiger partial charge in [0.1, 0.15) is 6.29 Å². The van der Waals surface area contributed by atoms with Crippen molar-refractivity contribution in [2.75, 3.05) is 0 Å². The minimum atomic E-state index is -0.973. The third-order valence-corrected chi connectivity index (χ3v) is 4.07. The lowest BCUT2D eigenvalue weighted by molar-refractivity contribution is -0.109. The van der Waals surface area contributed by atoms with Crippen LogP contribution < -0.4 is 0 Å². The maximum absolute atomic E-state index is 10.5. The summed E-state index contributed by atoms with van der Waals surface area (Å²) in [7, 11) is -0.973. The van der Waals surface area contributed by atoms with Crippen molar-refractivity contribution in [2.24, 2.45) is 5.41 Å². The normalized spacial score (nSPS) is 14.1. The summed E-state index contributed by atoms with van der Waals surface area (Å²) in [6.07, 6.45) is 5.02. The van der Waals surface area contributed by atoms with Crippen LogP contribution in [0, 0.1) is 5.41 Å². The number of carbonyl (C=O) groups is 1. The topological polar surface area (TPSA) is 17.1 Å². The number of allylic oxidation sites excluding steroid dienone is 2. The molecule has 0 spiro atoms. The van der Waals surface area contributed by atoms with Crippen molar-refractivity contribution in [3.63, 3.8) is 0 Å².